The summed E-state index contributed by atoms with van der Waals surface area (Å²) in [6.45, 7) is 9.12. The predicted molar refractivity (Wildman–Crippen MR) is 105 cm³/mol. The maximum atomic E-state index is 6.13. The Kier molecular flexibility index (Phi) is 6.01. The van der Waals surface area contributed by atoms with E-state index in [2.05, 4.69) is 16.7 Å². The van der Waals surface area contributed by atoms with Crippen LogP contribution in [0.4, 0.5) is 0 Å². The fourth-order valence-electron chi connectivity index (χ4n) is 4.74. The molecule has 144 valence electrons. The van der Waals surface area contributed by atoms with Crippen molar-refractivity contribution in [3.63, 3.8) is 0 Å². The van der Waals surface area contributed by atoms with Gasteiger partial charge in [0.25, 0.3) is 0 Å². The summed E-state index contributed by atoms with van der Waals surface area (Å²) in [4.78, 5) is 5.29. The molecule has 0 aliphatic carbocycles. The van der Waals surface area contributed by atoms with Gasteiger partial charge in [0.15, 0.2) is 11.5 Å². The molecule has 2 unspecified atom stereocenters. The zero-order valence-electron chi connectivity index (χ0n) is 16.2. The van der Waals surface area contributed by atoms with Crippen LogP contribution in [-0.4, -0.2) is 61.3 Å². The molecule has 2 fully saturated rings. The van der Waals surface area contributed by atoms with E-state index in [1.54, 1.807) is 0 Å². The van der Waals surface area contributed by atoms with Gasteiger partial charge in [0, 0.05) is 12.6 Å². The Labute approximate surface area is 158 Å². The van der Waals surface area contributed by atoms with Gasteiger partial charge in [-0.1, -0.05) is 18.6 Å². The predicted octanol–water partition coefficient (Wildman–Crippen LogP) is 3.80. The van der Waals surface area contributed by atoms with Gasteiger partial charge in [-0.05, 0) is 83.3 Å². The van der Waals surface area contributed by atoms with Gasteiger partial charge < -0.3 is 14.4 Å². The van der Waals surface area contributed by atoms with E-state index in [4.69, 9.17) is 9.47 Å². The molecule has 0 radical (unpaired) electrons. The van der Waals surface area contributed by atoms with Gasteiger partial charge >= 0.3 is 0 Å². The minimum absolute atomic E-state index is 0.163. The van der Waals surface area contributed by atoms with Crippen LogP contribution in [0, 0.1) is 5.92 Å². The number of hydrogen-bond donors (Lipinski definition) is 0. The number of ether oxygens (including phenoxy) is 2. The van der Waals surface area contributed by atoms with Crippen molar-refractivity contribution < 1.29 is 9.47 Å². The first-order valence-electron chi connectivity index (χ1n) is 10.6. The highest BCUT2D eigenvalue weighted by molar-refractivity contribution is 5.40. The first-order valence-corrected chi connectivity index (χ1v) is 10.6. The fourth-order valence-corrected chi connectivity index (χ4v) is 4.74. The Morgan fingerprint density at radius 2 is 1.81 bits per heavy atom. The van der Waals surface area contributed by atoms with Crippen molar-refractivity contribution in [3.8, 4) is 11.5 Å². The molecular formula is C22H34N2O2. The molecule has 4 heteroatoms. The molecule has 0 saturated carbocycles. The molecule has 0 spiro atoms. The van der Waals surface area contributed by atoms with Crippen molar-refractivity contribution in [1.82, 2.24) is 9.80 Å². The van der Waals surface area contributed by atoms with Gasteiger partial charge in [-0.2, -0.15) is 0 Å². The molecule has 0 aromatic heterocycles. The molecule has 2 atom stereocenters. The van der Waals surface area contributed by atoms with Crippen LogP contribution < -0.4 is 9.47 Å². The van der Waals surface area contributed by atoms with Crippen molar-refractivity contribution in [3.05, 3.63) is 24.3 Å². The molecule has 1 aromatic carbocycles. The summed E-state index contributed by atoms with van der Waals surface area (Å²) >= 11 is 0. The molecule has 0 amide bonds. The first-order chi connectivity index (χ1) is 12.8. The summed E-state index contributed by atoms with van der Waals surface area (Å²) in [5.41, 5.74) is 0. The summed E-state index contributed by atoms with van der Waals surface area (Å²) in [5.74, 6) is 2.69. The minimum atomic E-state index is 0.163. The normalized spacial score (nSPS) is 28.2. The highest BCUT2D eigenvalue weighted by atomic mass is 16.6. The number of fused-ring (bicyclic) bond motifs is 1. The van der Waals surface area contributed by atoms with Gasteiger partial charge in [0.2, 0.25) is 0 Å². The number of benzene rings is 1. The Hall–Kier alpha value is -1.26. The molecule has 3 heterocycles. The Morgan fingerprint density at radius 3 is 2.62 bits per heavy atom. The molecule has 4 nitrogen and oxygen atoms in total. The van der Waals surface area contributed by atoms with Crippen LogP contribution in [0.5, 0.6) is 11.5 Å². The largest absolute Gasteiger partial charge is 0.486 e. The lowest BCUT2D eigenvalue weighted by molar-refractivity contribution is 0.0456. The lowest BCUT2D eigenvalue weighted by Crippen LogP contribution is -2.44. The van der Waals surface area contributed by atoms with Crippen molar-refractivity contribution in [2.24, 2.45) is 5.92 Å². The standard InChI is InChI=1S/C22H34N2O2/c1-18-6-4-5-12-24(18)15-11-19-9-13-23(14-10-19)16-20-17-25-21-7-2-3-8-22(21)26-20/h2-3,7-8,18-20H,4-6,9-17H2,1H3. The van der Waals surface area contributed by atoms with E-state index in [9.17, 15) is 0 Å². The molecule has 3 aliphatic rings. The number of para-hydroxylation sites is 2. The van der Waals surface area contributed by atoms with Crippen LogP contribution in [0.3, 0.4) is 0 Å². The average Bonchev–Trinajstić information content (AvgIpc) is 2.68. The molecular weight excluding hydrogens is 324 g/mol. The second-order valence-corrected chi connectivity index (χ2v) is 8.41. The van der Waals surface area contributed by atoms with Crippen molar-refractivity contribution in [1.29, 1.82) is 0 Å². The van der Waals surface area contributed by atoms with Crippen molar-refractivity contribution >= 4 is 0 Å². The van der Waals surface area contributed by atoms with E-state index < -0.39 is 0 Å². The van der Waals surface area contributed by atoms with E-state index in [-0.39, 0.29) is 6.10 Å². The summed E-state index contributed by atoms with van der Waals surface area (Å²) in [6, 6.07) is 8.81. The zero-order valence-corrected chi connectivity index (χ0v) is 16.2. The summed E-state index contributed by atoms with van der Waals surface area (Å²) < 4.78 is 12.0. The topological polar surface area (TPSA) is 24.9 Å². The van der Waals surface area contributed by atoms with Crippen LogP contribution in [0.1, 0.15) is 45.4 Å². The third-order valence-electron chi connectivity index (χ3n) is 6.50. The number of nitrogens with zero attached hydrogens (tertiary/aromatic N) is 2. The van der Waals surface area contributed by atoms with Gasteiger partial charge in [-0.3, -0.25) is 4.90 Å². The van der Waals surface area contributed by atoms with Crippen LogP contribution in [0.25, 0.3) is 0 Å². The zero-order chi connectivity index (χ0) is 17.8. The van der Waals surface area contributed by atoms with Crippen LogP contribution in [-0.2, 0) is 0 Å². The van der Waals surface area contributed by atoms with Crippen LogP contribution >= 0.6 is 0 Å². The lowest BCUT2D eigenvalue weighted by atomic mass is 9.92. The van der Waals surface area contributed by atoms with E-state index >= 15 is 0 Å². The molecule has 26 heavy (non-hydrogen) atoms. The monoisotopic (exact) mass is 358 g/mol. The number of rotatable bonds is 5. The SMILES string of the molecule is CC1CCCCN1CCC1CCN(CC2COc3ccccc3O2)CC1. The molecule has 2 saturated heterocycles. The van der Waals surface area contributed by atoms with E-state index in [0.29, 0.717) is 6.61 Å². The van der Waals surface area contributed by atoms with E-state index in [1.165, 1.54) is 64.7 Å². The highest BCUT2D eigenvalue weighted by Gasteiger charge is 2.27. The van der Waals surface area contributed by atoms with Crippen molar-refractivity contribution in [2.75, 3.05) is 39.3 Å². The maximum Gasteiger partial charge on any atom is 0.161 e. The van der Waals surface area contributed by atoms with Crippen molar-refractivity contribution in [2.45, 2.75) is 57.6 Å². The summed E-state index contributed by atoms with van der Waals surface area (Å²) in [6.07, 6.45) is 8.44. The summed E-state index contributed by atoms with van der Waals surface area (Å²) in [7, 11) is 0. The first kappa shape index (κ1) is 18.1. The van der Waals surface area contributed by atoms with Crippen LogP contribution in [0.2, 0.25) is 0 Å². The molecule has 3 aliphatic heterocycles. The average molecular weight is 359 g/mol. The van der Waals surface area contributed by atoms with Gasteiger partial charge in [0.1, 0.15) is 12.7 Å². The van der Waals surface area contributed by atoms with Gasteiger partial charge in [0.05, 0.1) is 0 Å². The number of piperidine rings is 2. The Balaban J connectivity index is 1.17. The maximum absolute atomic E-state index is 6.13. The summed E-state index contributed by atoms with van der Waals surface area (Å²) in [5, 5.41) is 0. The fraction of sp³-hybridized carbons (Fsp3) is 0.727. The second-order valence-electron chi connectivity index (χ2n) is 8.41. The molecule has 1 aromatic rings. The number of likely N-dealkylation sites (tertiary alicyclic amines) is 2. The Bertz CT molecular complexity index is 571. The third-order valence-corrected chi connectivity index (χ3v) is 6.50. The molecule has 4 rings (SSSR count). The Morgan fingerprint density at radius 1 is 1.00 bits per heavy atom. The highest BCUT2D eigenvalue weighted by Crippen LogP contribution is 2.31. The molecule has 0 N–H and O–H groups in total. The number of hydrogen-bond acceptors (Lipinski definition) is 4. The smallest absolute Gasteiger partial charge is 0.161 e. The second kappa shape index (κ2) is 8.62. The van der Waals surface area contributed by atoms with E-state index in [1.807, 2.05) is 24.3 Å². The van der Waals surface area contributed by atoms with E-state index in [0.717, 1.165) is 30.0 Å². The quantitative estimate of drug-likeness (QED) is 0.799. The van der Waals surface area contributed by atoms with Crippen LogP contribution in [0.15, 0.2) is 24.3 Å². The van der Waals surface area contributed by atoms with Gasteiger partial charge in [-0.25, -0.2) is 0 Å². The third kappa shape index (κ3) is 4.52. The lowest BCUT2D eigenvalue weighted by Gasteiger charge is -2.37. The minimum Gasteiger partial charge on any atom is -0.486 e. The van der Waals surface area contributed by atoms with Gasteiger partial charge in [-0.15, -0.1) is 0 Å². The molecule has 0 bridgehead atoms.